The zero-order chi connectivity index (χ0) is 22.0. The van der Waals surface area contributed by atoms with Crippen LogP contribution < -0.4 is 11.1 Å². The molecule has 1 amide bonds. The van der Waals surface area contributed by atoms with Gasteiger partial charge in [-0.25, -0.2) is 14.6 Å². The number of fused-ring (bicyclic) bond motifs is 1. The first-order chi connectivity index (χ1) is 15.0. The van der Waals surface area contributed by atoms with Crippen LogP contribution >= 0.6 is 11.8 Å². The number of carbonyl (C=O) groups is 1. The first-order valence-corrected chi connectivity index (χ1v) is 11.1. The number of aromatic nitrogens is 5. The third-order valence-corrected chi connectivity index (χ3v) is 6.28. The Balaban J connectivity index is 1.74. The molecule has 4 rings (SSSR count). The highest BCUT2D eigenvalue weighted by Crippen LogP contribution is 2.37. The molecule has 0 bridgehead atoms. The van der Waals surface area contributed by atoms with Crippen LogP contribution in [0.15, 0.2) is 40.4 Å². The van der Waals surface area contributed by atoms with Gasteiger partial charge in [-0.3, -0.25) is 4.79 Å². The summed E-state index contributed by atoms with van der Waals surface area (Å²) in [5.74, 6) is -0.959. The number of nitrogens with one attached hydrogen (secondary N) is 1. The maximum Gasteiger partial charge on any atom is 0.223 e. The van der Waals surface area contributed by atoms with Crippen LogP contribution in [0.2, 0.25) is 0 Å². The summed E-state index contributed by atoms with van der Waals surface area (Å²) in [7, 11) is 0. The van der Waals surface area contributed by atoms with Crippen LogP contribution in [0.25, 0.3) is 11.2 Å². The first kappa shape index (κ1) is 21.5. The van der Waals surface area contributed by atoms with Crippen molar-refractivity contribution >= 4 is 34.7 Å². The molecule has 5 N–H and O–H groups in total. The summed E-state index contributed by atoms with van der Waals surface area (Å²) < 4.78 is 1.47. The van der Waals surface area contributed by atoms with E-state index in [4.69, 9.17) is 5.73 Å². The van der Waals surface area contributed by atoms with Crippen molar-refractivity contribution in [2.75, 3.05) is 11.9 Å². The lowest BCUT2D eigenvalue weighted by atomic mass is 10.1. The topological polar surface area (TPSA) is 152 Å². The zero-order valence-corrected chi connectivity index (χ0v) is 17.9. The second kappa shape index (κ2) is 9.16. The Morgan fingerprint density at radius 2 is 2.03 bits per heavy atom. The number of nitrogens with zero attached hydrogens (tertiary/aromatic N) is 5. The molecule has 0 saturated heterocycles. The number of carbonyl (C=O) groups excluding carboxylic acids is 1. The van der Waals surface area contributed by atoms with Gasteiger partial charge in [0.2, 0.25) is 5.91 Å². The molecule has 0 aliphatic heterocycles. The molecule has 1 aliphatic carbocycles. The lowest BCUT2D eigenvalue weighted by molar-refractivity contribution is -0.125. The van der Waals surface area contributed by atoms with Crippen LogP contribution in [-0.4, -0.2) is 59.8 Å². The van der Waals surface area contributed by atoms with Gasteiger partial charge in [-0.05, 0) is 36.7 Å². The van der Waals surface area contributed by atoms with E-state index in [1.54, 1.807) is 0 Å². The normalized spacial score (nSPS) is 23.3. The number of nitrogens with two attached hydrogens (primary N) is 1. The van der Waals surface area contributed by atoms with E-state index in [-0.39, 0.29) is 6.42 Å². The van der Waals surface area contributed by atoms with E-state index >= 15 is 0 Å². The Morgan fingerprint density at radius 1 is 1.26 bits per heavy atom. The molecule has 2 aromatic heterocycles. The summed E-state index contributed by atoms with van der Waals surface area (Å²) in [6.45, 7) is 2.82. The minimum atomic E-state index is -1.26. The van der Waals surface area contributed by atoms with Gasteiger partial charge >= 0.3 is 0 Å². The number of primary amides is 1. The average Bonchev–Trinajstić information content (AvgIpc) is 3.30. The Bertz CT molecular complexity index is 1060. The molecular formula is C20H25N7O3S. The molecule has 3 aromatic rings. The molecule has 1 aliphatic rings. The molecule has 4 atom stereocenters. The van der Waals surface area contributed by atoms with E-state index in [9.17, 15) is 15.0 Å². The summed E-state index contributed by atoms with van der Waals surface area (Å²) in [6, 6.07) is 9.07. The molecule has 10 nitrogen and oxygen atoms in total. The van der Waals surface area contributed by atoms with Crippen molar-refractivity contribution in [3.63, 3.8) is 0 Å². The highest BCUT2D eigenvalue weighted by Gasteiger charge is 2.46. The SMILES string of the molecule is CCCCNc1nc(Sc2ccccc2)nc2c1nnn2C1C[C@H](C(N)=O)C(O)C1O. The van der Waals surface area contributed by atoms with Crippen molar-refractivity contribution in [2.45, 2.75) is 54.5 Å². The number of aliphatic hydroxyl groups excluding tert-OH is 2. The Labute approximate surface area is 183 Å². The van der Waals surface area contributed by atoms with Gasteiger partial charge in [0.25, 0.3) is 0 Å². The second-order valence-corrected chi connectivity index (χ2v) is 8.59. The maximum absolute atomic E-state index is 11.7. The summed E-state index contributed by atoms with van der Waals surface area (Å²) >= 11 is 1.40. The summed E-state index contributed by atoms with van der Waals surface area (Å²) in [5, 5.41) is 33.0. The van der Waals surface area contributed by atoms with E-state index in [1.807, 2.05) is 30.3 Å². The number of amides is 1. The molecule has 0 radical (unpaired) electrons. The monoisotopic (exact) mass is 443 g/mol. The van der Waals surface area contributed by atoms with Gasteiger partial charge in [0, 0.05) is 11.4 Å². The Hall–Kier alpha value is -2.76. The number of aliphatic hydroxyl groups is 2. The van der Waals surface area contributed by atoms with E-state index < -0.39 is 30.1 Å². The van der Waals surface area contributed by atoms with Crippen LogP contribution in [0.5, 0.6) is 0 Å². The van der Waals surface area contributed by atoms with Crippen molar-refractivity contribution in [3.05, 3.63) is 30.3 Å². The molecule has 1 saturated carbocycles. The number of rotatable bonds is 8. The smallest absolute Gasteiger partial charge is 0.223 e. The van der Waals surface area contributed by atoms with E-state index in [0.717, 1.165) is 24.3 Å². The van der Waals surface area contributed by atoms with Crippen LogP contribution in [-0.2, 0) is 4.79 Å². The van der Waals surface area contributed by atoms with Gasteiger partial charge in [0.15, 0.2) is 22.1 Å². The van der Waals surface area contributed by atoms with Crippen molar-refractivity contribution in [1.29, 1.82) is 0 Å². The minimum Gasteiger partial charge on any atom is -0.390 e. The third-order valence-electron chi connectivity index (χ3n) is 5.41. The van der Waals surface area contributed by atoms with E-state index in [1.165, 1.54) is 16.4 Å². The van der Waals surface area contributed by atoms with E-state index in [2.05, 4.69) is 32.5 Å². The number of benzene rings is 1. The second-order valence-electron chi connectivity index (χ2n) is 7.55. The zero-order valence-electron chi connectivity index (χ0n) is 17.0. The number of anilines is 1. The molecule has 2 heterocycles. The summed E-state index contributed by atoms with van der Waals surface area (Å²) in [4.78, 5) is 21.9. The number of hydrogen-bond acceptors (Lipinski definition) is 9. The van der Waals surface area contributed by atoms with Crippen LogP contribution in [0, 0.1) is 5.92 Å². The minimum absolute atomic E-state index is 0.153. The first-order valence-electron chi connectivity index (χ1n) is 10.2. The van der Waals surface area contributed by atoms with Crippen molar-refractivity contribution in [3.8, 4) is 0 Å². The van der Waals surface area contributed by atoms with Crippen molar-refractivity contribution in [1.82, 2.24) is 25.0 Å². The van der Waals surface area contributed by atoms with Crippen LogP contribution in [0.4, 0.5) is 5.82 Å². The Kier molecular flexibility index (Phi) is 6.35. The molecule has 1 fully saturated rings. The summed E-state index contributed by atoms with van der Waals surface area (Å²) in [6.07, 6.45) is -0.322. The van der Waals surface area contributed by atoms with Gasteiger partial charge in [0.05, 0.1) is 18.1 Å². The van der Waals surface area contributed by atoms with E-state index in [0.29, 0.717) is 22.1 Å². The Morgan fingerprint density at radius 3 is 2.71 bits per heavy atom. The lowest BCUT2D eigenvalue weighted by Crippen LogP contribution is -2.35. The molecule has 0 spiro atoms. The van der Waals surface area contributed by atoms with Gasteiger partial charge < -0.3 is 21.3 Å². The van der Waals surface area contributed by atoms with Gasteiger partial charge in [-0.1, -0.05) is 36.8 Å². The fourth-order valence-electron chi connectivity index (χ4n) is 3.71. The van der Waals surface area contributed by atoms with Crippen molar-refractivity contribution < 1.29 is 15.0 Å². The molecule has 1 aromatic carbocycles. The molecular weight excluding hydrogens is 418 g/mol. The van der Waals surface area contributed by atoms with Gasteiger partial charge in [-0.2, -0.15) is 0 Å². The molecule has 11 heteroatoms. The fourth-order valence-corrected chi connectivity index (χ4v) is 4.49. The third kappa shape index (κ3) is 4.34. The van der Waals surface area contributed by atoms with Crippen LogP contribution in [0.1, 0.15) is 32.2 Å². The highest BCUT2D eigenvalue weighted by molar-refractivity contribution is 7.99. The largest absolute Gasteiger partial charge is 0.390 e. The van der Waals surface area contributed by atoms with Crippen molar-refractivity contribution in [2.24, 2.45) is 11.7 Å². The summed E-state index contributed by atoms with van der Waals surface area (Å²) in [5.41, 5.74) is 6.28. The van der Waals surface area contributed by atoms with Gasteiger partial charge in [0.1, 0.15) is 6.10 Å². The fraction of sp³-hybridized carbons (Fsp3) is 0.450. The van der Waals surface area contributed by atoms with Gasteiger partial charge in [-0.15, -0.1) is 5.10 Å². The average molecular weight is 444 g/mol. The molecule has 164 valence electrons. The maximum atomic E-state index is 11.7. The standard InChI is InChI=1S/C20H25N7O3S/c1-2-3-9-22-18-14-19(24-20(23-18)31-11-7-5-4-6-8-11)27(26-25-14)13-10-12(17(21)30)15(28)16(13)29/h4-8,12-13,15-16,28-29H,2-3,9-10H2,1H3,(H2,21,30)(H,22,23,24)/t12-,13?,15?,16?/m0/s1. The predicted octanol–water partition coefficient (Wildman–Crippen LogP) is 1.35. The number of unbranched alkanes of at least 4 members (excludes halogenated alkanes) is 1. The predicted molar refractivity (Wildman–Crippen MR) is 115 cm³/mol. The molecule has 3 unspecified atom stereocenters. The quantitative estimate of drug-likeness (QED) is 0.298. The highest BCUT2D eigenvalue weighted by atomic mass is 32.2. The van der Waals surface area contributed by atoms with Crippen LogP contribution in [0.3, 0.4) is 0 Å². The molecule has 31 heavy (non-hydrogen) atoms. The number of hydrogen-bond donors (Lipinski definition) is 4. The lowest BCUT2D eigenvalue weighted by Gasteiger charge is -2.17.